The molecule has 0 aromatic heterocycles. The van der Waals surface area contributed by atoms with E-state index in [4.69, 9.17) is 0 Å². The Morgan fingerprint density at radius 1 is 1.28 bits per heavy atom. The second-order valence-electron chi connectivity index (χ2n) is 4.28. The second-order valence-corrected chi connectivity index (χ2v) is 5.53. The predicted molar refractivity (Wildman–Crippen MR) is 77.3 cm³/mol. The number of rotatable bonds is 3. The molecule has 96 valence electrons. The Morgan fingerprint density at radius 3 is 2.67 bits per heavy atom. The van der Waals surface area contributed by atoms with Gasteiger partial charge in [0.05, 0.1) is 6.54 Å². The number of hydrogen-bond donors (Lipinski definition) is 1. The van der Waals surface area contributed by atoms with Gasteiger partial charge in [-0.05, 0) is 53.6 Å². The fourth-order valence-corrected chi connectivity index (χ4v) is 2.51. The zero-order valence-electron chi connectivity index (χ0n) is 9.99. The highest BCUT2D eigenvalue weighted by Crippen LogP contribution is 2.08. The van der Waals surface area contributed by atoms with E-state index in [1.807, 2.05) is 12.1 Å². The van der Waals surface area contributed by atoms with Gasteiger partial charge in [0.2, 0.25) is 5.91 Å². The van der Waals surface area contributed by atoms with E-state index in [-0.39, 0.29) is 18.4 Å². The molecule has 18 heavy (non-hydrogen) atoms. The van der Waals surface area contributed by atoms with Crippen molar-refractivity contribution in [2.24, 2.45) is 0 Å². The summed E-state index contributed by atoms with van der Waals surface area (Å²) in [6.07, 6.45) is 2.13. The first-order valence-electron chi connectivity index (χ1n) is 5.98. The lowest BCUT2D eigenvalue weighted by molar-refractivity contribution is -0.129. The van der Waals surface area contributed by atoms with Crippen LogP contribution in [0.5, 0.6) is 0 Å². The number of hydrogen-bond acceptors (Lipinski definition) is 2. The van der Waals surface area contributed by atoms with Crippen molar-refractivity contribution in [3.05, 3.63) is 33.4 Å². The molecule has 0 radical (unpaired) electrons. The van der Waals surface area contributed by atoms with E-state index in [1.54, 1.807) is 17.0 Å². The van der Waals surface area contributed by atoms with Crippen molar-refractivity contribution in [1.29, 1.82) is 0 Å². The van der Waals surface area contributed by atoms with Gasteiger partial charge in [-0.25, -0.2) is 0 Å². The number of carbonyl (C=O) groups excluding carboxylic acids is 2. The highest BCUT2D eigenvalue weighted by atomic mass is 127. The van der Waals surface area contributed by atoms with Crippen LogP contribution in [0.2, 0.25) is 0 Å². The third kappa shape index (κ3) is 3.44. The molecule has 1 aliphatic heterocycles. The molecule has 1 aromatic rings. The van der Waals surface area contributed by atoms with Gasteiger partial charge >= 0.3 is 0 Å². The molecule has 1 saturated heterocycles. The summed E-state index contributed by atoms with van der Waals surface area (Å²) in [5, 5.41) is 2.67. The molecule has 0 atom stereocenters. The molecule has 0 aliphatic carbocycles. The SMILES string of the molecule is O=C(NCC(=O)N1CCCC1)c1cccc(I)c1. The number of amides is 2. The largest absolute Gasteiger partial charge is 0.343 e. The van der Waals surface area contributed by atoms with Crippen LogP contribution in [-0.2, 0) is 4.79 Å². The summed E-state index contributed by atoms with van der Waals surface area (Å²) in [6.45, 7) is 1.72. The van der Waals surface area contributed by atoms with Crippen LogP contribution in [0.15, 0.2) is 24.3 Å². The molecule has 1 fully saturated rings. The smallest absolute Gasteiger partial charge is 0.251 e. The van der Waals surface area contributed by atoms with E-state index < -0.39 is 0 Å². The summed E-state index contributed by atoms with van der Waals surface area (Å²) in [4.78, 5) is 25.4. The second kappa shape index (κ2) is 6.17. The minimum absolute atomic E-state index is 0.00600. The Kier molecular flexibility index (Phi) is 4.57. The third-order valence-electron chi connectivity index (χ3n) is 2.95. The van der Waals surface area contributed by atoms with Crippen LogP contribution in [0.3, 0.4) is 0 Å². The van der Waals surface area contributed by atoms with Crippen LogP contribution in [0.1, 0.15) is 23.2 Å². The highest BCUT2D eigenvalue weighted by molar-refractivity contribution is 14.1. The molecular weight excluding hydrogens is 343 g/mol. The van der Waals surface area contributed by atoms with Crippen molar-refractivity contribution >= 4 is 34.4 Å². The van der Waals surface area contributed by atoms with Crippen LogP contribution >= 0.6 is 22.6 Å². The quantitative estimate of drug-likeness (QED) is 0.836. The van der Waals surface area contributed by atoms with Gasteiger partial charge in [-0.2, -0.15) is 0 Å². The average Bonchev–Trinajstić information content (AvgIpc) is 2.89. The van der Waals surface area contributed by atoms with Gasteiger partial charge in [0.1, 0.15) is 0 Å². The molecule has 1 aromatic carbocycles. The number of nitrogens with zero attached hydrogens (tertiary/aromatic N) is 1. The van der Waals surface area contributed by atoms with Crippen molar-refractivity contribution in [1.82, 2.24) is 10.2 Å². The van der Waals surface area contributed by atoms with Crippen molar-refractivity contribution in [2.75, 3.05) is 19.6 Å². The first kappa shape index (κ1) is 13.3. The van der Waals surface area contributed by atoms with E-state index in [1.165, 1.54) is 0 Å². The van der Waals surface area contributed by atoms with Crippen LogP contribution in [0.25, 0.3) is 0 Å². The number of halogens is 1. The molecule has 1 N–H and O–H groups in total. The van der Waals surface area contributed by atoms with Gasteiger partial charge in [0.25, 0.3) is 5.91 Å². The maximum atomic E-state index is 11.8. The molecule has 0 unspecified atom stereocenters. The molecule has 0 saturated carbocycles. The minimum Gasteiger partial charge on any atom is -0.343 e. The topological polar surface area (TPSA) is 49.4 Å². The Labute approximate surface area is 120 Å². The standard InChI is InChI=1S/C13H15IN2O2/c14-11-5-3-4-10(8-11)13(18)15-9-12(17)16-6-1-2-7-16/h3-5,8H,1-2,6-7,9H2,(H,15,18). The molecule has 2 rings (SSSR count). The lowest BCUT2D eigenvalue weighted by atomic mass is 10.2. The van der Waals surface area contributed by atoms with Crippen molar-refractivity contribution in [3.63, 3.8) is 0 Å². The predicted octanol–water partition coefficient (Wildman–Crippen LogP) is 1.64. The summed E-state index contributed by atoms with van der Waals surface area (Å²) >= 11 is 2.16. The maximum Gasteiger partial charge on any atom is 0.251 e. The zero-order chi connectivity index (χ0) is 13.0. The molecule has 2 amide bonds. The minimum atomic E-state index is -0.193. The van der Waals surface area contributed by atoms with E-state index in [2.05, 4.69) is 27.9 Å². The summed E-state index contributed by atoms with van der Waals surface area (Å²) in [7, 11) is 0. The first-order valence-corrected chi connectivity index (χ1v) is 7.06. The first-order chi connectivity index (χ1) is 8.66. The van der Waals surface area contributed by atoms with E-state index in [0.717, 1.165) is 29.5 Å². The number of nitrogens with one attached hydrogen (secondary N) is 1. The lowest BCUT2D eigenvalue weighted by Gasteiger charge is -2.15. The molecular formula is C13H15IN2O2. The molecule has 0 spiro atoms. The Morgan fingerprint density at radius 2 is 2.00 bits per heavy atom. The molecule has 5 heteroatoms. The van der Waals surface area contributed by atoms with Crippen LogP contribution in [0.4, 0.5) is 0 Å². The zero-order valence-corrected chi connectivity index (χ0v) is 12.1. The summed E-state index contributed by atoms with van der Waals surface area (Å²) in [5.74, 6) is -0.187. The van der Waals surface area contributed by atoms with Gasteiger partial charge in [-0.3, -0.25) is 9.59 Å². The fraction of sp³-hybridized carbons (Fsp3) is 0.385. The molecule has 1 aliphatic rings. The number of likely N-dealkylation sites (tertiary alicyclic amines) is 1. The summed E-state index contributed by atoms with van der Waals surface area (Å²) < 4.78 is 1.01. The van der Waals surface area contributed by atoms with Crippen molar-refractivity contribution in [2.45, 2.75) is 12.8 Å². The van der Waals surface area contributed by atoms with Crippen LogP contribution in [-0.4, -0.2) is 36.3 Å². The third-order valence-corrected chi connectivity index (χ3v) is 3.62. The normalized spacial score (nSPS) is 14.6. The van der Waals surface area contributed by atoms with Gasteiger partial charge in [0.15, 0.2) is 0 Å². The van der Waals surface area contributed by atoms with Gasteiger partial charge in [-0.15, -0.1) is 0 Å². The average molecular weight is 358 g/mol. The van der Waals surface area contributed by atoms with Crippen LogP contribution < -0.4 is 5.32 Å². The Balaban J connectivity index is 1.86. The van der Waals surface area contributed by atoms with Gasteiger partial charge in [-0.1, -0.05) is 6.07 Å². The molecule has 0 bridgehead atoms. The highest BCUT2D eigenvalue weighted by Gasteiger charge is 2.18. The van der Waals surface area contributed by atoms with E-state index in [0.29, 0.717) is 5.56 Å². The van der Waals surface area contributed by atoms with E-state index >= 15 is 0 Å². The van der Waals surface area contributed by atoms with Crippen molar-refractivity contribution in [3.8, 4) is 0 Å². The number of carbonyl (C=O) groups is 2. The van der Waals surface area contributed by atoms with Crippen LogP contribution in [0, 0.1) is 3.57 Å². The Bertz CT molecular complexity index is 456. The maximum absolute atomic E-state index is 11.8. The van der Waals surface area contributed by atoms with Crippen molar-refractivity contribution < 1.29 is 9.59 Å². The molecule has 1 heterocycles. The summed E-state index contributed by atoms with van der Waals surface area (Å²) in [5.41, 5.74) is 0.594. The summed E-state index contributed by atoms with van der Waals surface area (Å²) in [6, 6.07) is 7.31. The lowest BCUT2D eigenvalue weighted by Crippen LogP contribution is -2.38. The monoisotopic (exact) mass is 358 g/mol. The fourth-order valence-electron chi connectivity index (χ4n) is 1.97. The van der Waals surface area contributed by atoms with Gasteiger partial charge in [0, 0.05) is 22.2 Å². The van der Waals surface area contributed by atoms with Gasteiger partial charge < -0.3 is 10.2 Å². The van der Waals surface area contributed by atoms with E-state index in [9.17, 15) is 9.59 Å². The molecule has 4 nitrogen and oxygen atoms in total. The number of benzene rings is 1. The Hall–Kier alpha value is -1.11.